The van der Waals surface area contributed by atoms with Gasteiger partial charge in [-0.1, -0.05) is 23.7 Å². The Kier molecular flexibility index (Phi) is 7.53. The summed E-state index contributed by atoms with van der Waals surface area (Å²) >= 11 is 7.12. The number of halogens is 1. The highest BCUT2D eigenvalue weighted by molar-refractivity contribution is 7.92. The van der Waals surface area contributed by atoms with Crippen LogP contribution in [0.15, 0.2) is 69.1 Å². The molecule has 0 bridgehead atoms. The van der Waals surface area contributed by atoms with Crippen LogP contribution in [0.25, 0.3) is 0 Å². The molecule has 1 aromatic heterocycles. The number of nitrogens with zero attached hydrogens (tertiary/aromatic N) is 1. The predicted molar refractivity (Wildman–Crippen MR) is 138 cm³/mol. The van der Waals surface area contributed by atoms with Crippen LogP contribution in [0.4, 0.5) is 11.4 Å². The lowest BCUT2D eigenvalue weighted by Crippen LogP contribution is -2.43. The summed E-state index contributed by atoms with van der Waals surface area (Å²) in [5.74, 6) is -0.811. The SMILES string of the molecule is Cc1ccc(Cl)cc1NS(=O)(=O)c1ccc(NC(=O)[C@@H]2CCCN(S(=O)(=O)c3cccs3)C2)cc1. The second kappa shape index (κ2) is 10.3. The lowest BCUT2D eigenvalue weighted by molar-refractivity contribution is -0.120. The van der Waals surface area contributed by atoms with Crippen LogP contribution >= 0.6 is 22.9 Å². The van der Waals surface area contributed by atoms with Gasteiger partial charge in [0, 0.05) is 23.8 Å². The van der Waals surface area contributed by atoms with Crippen LogP contribution in [0.2, 0.25) is 5.02 Å². The summed E-state index contributed by atoms with van der Waals surface area (Å²) in [5.41, 5.74) is 1.53. The van der Waals surface area contributed by atoms with Crippen molar-refractivity contribution in [2.24, 2.45) is 5.92 Å². The van der Waals surface area contributed by atoms with E-state index in [-0.39, 0.29) is 21.6 Å². The monoisotopic (exact) mass is 553 g/mol. The van der Waals surface area contributed by atoms with Crippen molar-refractivity contribution in [3.05, 3.63) is 70.6 Å². The molecular formula is C23H24ClN3O5S3. The molecule has 1 fully saturated rings. The maximum absolute atomic E-state index is 12.8. The Hall–Kier alpha value is -2.44. The maximum Gasteiger partial charge on any atom is 0.261 e. The number of carbonyl (C=O) groups excluding carboxylic acids is 1. The average molecular weight is 554 g/mol. The summed E-state index contributed by atoms with van der Waals surface area (Å²) in [4.78, 5) is 12.9. The minimum Gasteiger partial charge on any atom is -0.326 e. The van der Waals surface area contributed by atoms with E-state index in [1.165, 1.54) is 34.6 Å². The summed E-state index contributed by atoms with van der Waals surface area (Å²) in [6, 6.07) is 14.0. The van der Waals surface area contributed by atoms with E-state index in [1.807, 2.05) is 0 Å². The van der Waals surface area contributed by atoms with Gasteiger partial charge in [0.05, 0.1) is 16.5 Å². The summed E-state index contributed by atoms with van der Waals surface area (Å²) in [6.07, 6.45) is 1.14. The average Bonchev–Trinajstić information content (AvgIpc) is 3.38. The van der Waals surface area contributed by atoms with Crippen molar-refractivity contribution in [3.8, 4) is 0 Å². The first-order valence-electron chi connectivity index (χ1n) is 10.8. The highest BCUT2D eigenvalue weighted by atomic mass is 35.5. The van der Waals surface area contributed by atoms with Gasteiger partial charge in [-0.05, 0) is 73.2 Å². The van der Waals surface area contributed by atoms with Gasteiger partial charge in [0.1, 0.15) is 4.21 Å². The second-order valence-corrected chi connectivity index (χ2v) is 13.4. The van der Waals surface area contributed by atoms with Crippen molar-refractivity contribution in [3.63, 3.8) is 0 Å². The van der Waals surface area contributed by atoms with Crippen LogP contribution in [0.5, 0.6) is 0 Å². The zero-order valence-corrected chi connectivity index (χ0v) is 22.0. The molecule has 3 aromatic rings. The highest BCUT2D eigenvalue weighted by Gasteiger charge is 2.33. The summed E-state index contributed by atoms with van der Waals surface area (Å²) < 4.78 is 55.3. The molecule has 1 aliphatic rings. The largest absolute Gasteiger partial charge is 0.326 e. The van der Waals surface area contributed by atoms with Gasteiger partial charge in [0.2, 0.25) is 5.91 Å². The molecule has 0 aliphatic carbocycles. The first-order valence-corrected chi connectivity index (χ1v) is 15.0. The molecule has 1 saturated heterocycles. The standard InChI is InChI=1S/C23H24ClN3O5S3/c1-16-6-7-18(24)14-21(16)26-34(29,30)20-10-8-19(9-11-20)25-23(28)17-4-2-12-27(15-17)35(31,32)22-5-3-13-33-22/h3,5-11,13-14,17,26H,2,4,12,15H2,1H3,(H,25,28)/t17-/m1/s1. The molecule has 2 heterocycles. The summed E-state index contributed by atoms with van der Waals surface area (Å²) in [7, 11) is -7.48. The maximum atomic E-state index is 12.8. The lowest BCUT2D eigenvalue weighted by atomic mass is 9.99. The molecule has 35 heavy (non-hydrogen) atoms. The van der Waals surface area contributed by atoms with E-state index in [9.17, 15) is 21.6 Å². The number of hydrogen-bond donors (Lipinski definition) is 2. The number of sulfonamides is 2. The molecule has 2 N–H and O–H groups in total. The van der Waals surface area contributed by atoms with Gasteiger partial charge in [0.15, 0.2) is 0 Å². The smallest absolute Gasteiger partial charge is 0.261 e. The number of aryl methyl sites for hydroxylation is 1. The Morgan fingerprint density at radius 3 is 2.51 bits per heavy atom. The molecule has 4 rings (SSSR count). The first kappa shape index (κ1) is 25.6. The van der Waals surface area contributed by atoms with Gasteiger partial charge < -0.3 is 5.32 Å². The number of piperidine rings is 1. The van der Waals surface area contributed by atoms with Crippen LogP contribution in [-0.4, -0.2) is 40.1 Å². The minimum absolute atomic E-state index is 0.0285. The number of rotatable bonds is 7. The topological polar surface area (TPSA) is 113 Å². The molecule has 2 aromatic carbocycles. The third-order valence-electron chi connectivity index (χ3n) is 5.72. The van der Waals surface area contributed by atoms with Crippen LogP contribution in [0.1, 0.15) is 18.4 Å². The fraction of sp³-hybridized carbons (Fsp3) is 0.261. The molecule has 0 unspecified atom stereocenters. The van der Waals surface area contributed by atoms with E-state index in [0.29, 0.717) is 35.8 Å². The number of anilines is 2. The number of hydrogen-bond acceptors (Lipinski definition) is 6. The minimum atomic E-state index is -3.86. The normalized spacial score (nSPS) is 17.1. The summed E-state index contributed by atoms with van der Waals surface area (Å²) in [5, 5.41) is 4.89. The van der Waals surface area contributed by atoms with Gasteiger partial charge >= 0.3 is 0 Å². The van der Waals surface area contributed by atoms with Gasteiger partial charge in [-0.15, -0.1) is 11.3 Å². The van der Waals surface area contributed by atoms with Crippen molar-refractivity contribution in [1.82, 2.24) is 4.31 Å². The van der Waals surface area contributed by atoms with Crippen LogP contribution in [-0.2, 0) is 24.8 Å². The van der Waals surface area contributed by atoms with Gasteiger partial charge in [-0.25, -0.2) is 16.8 Å². The predicted octanol–water partition coefficient (Wildman–Crippen LogP) is 4.55. The number of thiophene rings is 1. The van der Waals surface area contributed by atoms with Gasteiger partial charge in [0.25, 0.3) is 20.0 Å². The zero-order valence-electron chi connectivity index (χ0n) is 18.8. The molecule has 0 saturated carbocycles. The molecule has 0 spiro atoms. The van der Waals surface area contributed by atoms with Crippen molar-refractivity contribution in [1.29, 1.82) is 0 Å². The second-order valence-electron chi connectivity index (χ2n) is 8.21. The zero-order chi connectivity index (χ0) is 25.2. The molecule has 12 heteroatoms. The highest BCUT2D eigenvalue weighted by Crippen LogP contribution is 2.28. The number of nitrogens with one attached hydrogen (secondary N) is 2. The van der Waals surface area contributed by atoms with E-state index in [2.05, 4.69) is 10.0 Å². The summed E-state index contributed by atoms with van der Waals surface area (Å²) in [6.45, 7) is 2.24. The third-order valence-corrected chi connectivity index (χ3v) is 10.6. The third kappa shape index (κ3) is 5.87. The quantitative estimate of drug-likeness (QED) is 0.445. The lowest BCUT2D eigenvalue weighted by Gasteiger charge is -2.30. The van der Waals surface area contributed by atoms with Crippen LogP contribution < -0.4 is 10.0 Å². The fourth-order valence-corrected chi connectivity index (χ4v) is 7.74. The first-order chi connectivity index (χ1) is 16.6. The molecule has 186 valence electrons. The van der Waals surface area contributed by atoms with Crippen molar-refractivity contribution in [2.75, 3.05) is 23.1 Å². The van der Waals surface area contributed by atoms with E-state index in [0.717, 1.165) is 16.9 Å². The van der Waals surface area contributed by atoms with E-state index in [1.54, 1.807) is 36.6 Å². The molecule has 8 nitrogen and oxygen atoms in total. The van der Waals surface area contributed by atoms with Crippen molar-refractivity contribution >= 4 is 60.3 Å². The number of carbonyl (C=O) groups is 1. The molecule has 1 atom stereocenters. The molecule has 0 radical (unpaired) electrons. The Labute approximate surface area is 214 Å². The molecule has 1 aliphatic heterocycles. The van der Waals surface area contributed by atoms with Crippen LogP contribution in [0, 0.1) is 12.8 Å². The Bertz CT molecular complexity index is 1420. The van der Waals surface area contributed by atoms with Gasteiger partial charge in [-0.2, -0.15) is 4.31 Å². The van der Waals surface area contributed by atoms with E-state index >= 15 is 0 Å². The fourth-order valence-electron chi connectivity index (χ4n) is 3.78. The Morgan fingerprint density at radius 2 is 1.83 bits per heavy atom. The number of benzene rings is 2. The van der Waals surface area contributed by atoms with E-state index < -0.39 is 26.0 Å². The van der Waals surface area contributed by atoms with Gasteiger partial charge in [-0.3, -0.25) is 9.52 Å². The van der Waals surface area contributed by atoms with Crippen molar-refractivity contribution in [2.45, 2.75) is 28.9 Å². The Balaban J connectivity index is 1.42. The van der Waals surface area contributed by atoms with E-state index in [4.69, 9.17) is 11.6 Å². The molecular weight excluding hydrogens is 530 g/mol. The Morgan fingerprint density at radius 1 is 1.09 bits per heavy atom. The van der Waals surface area contributed by atoms with Crippen molar-refractivity contribution < 1.29 is 21.6 Å². The number of amides is 1. The molecule has 1 amide bonds. The van der Waals surface area contributed by atoms with Crippen LogP contribution in [0.3, 0.4) is 0 Å².